The molecule has 0 saturated heterocycles. The van der Waals surface area contributed by atoms with E-state index in [0.29, 0.717) is 0 Å². The molecule has 0 amide bonds. The first-order chi connectivity index (χ1) is 5.20. The average molecular weight is 179 g/mol. The summed E-state index contributed by atoms with van der Waals surface area (Å²) in [6.45, 7) is 0. The monoisotopic (exact) mass is 178 g/mol. The van der Waals surface area contributed by atoms with E-state index in [9.17, 15) is 4.79 Å². The Morgan fingerprint density at radius 2 is 2.18 bits per heavy atom. The normalized spacial score (nSPS) is 23.9. The van der Waals surface area contributed by atoms with Crippen molar-refractivity contribution in [2.24, 2.45) is 0 Å². The summed E-state index contributed by atoms with van der Waals surface area (Å²) in [5.41, 5.74) is 0. The van der Waals surface area contributed by atoms with E-state index in [2.05, 4.69) is 4.74 Å². The van der Waals surface area contributed by atoms with E-state index in [1.54, 1.807) is 0 Å². The standard InChI is InChI=1S/C6H7ClO4/c1-9-4-3(7)5(8)11-6(4)10-2/h6H,1-2H3. The number of cyclic esters (lactones) is 1. The SMILES string of the molecule is COC1=C(Cl)C(=O)OC1OC. The Hall–Kier alpha value is -0.740. The maximum Gasteiger partial charge on any atom is 0.356 e. The fraction of sp³-hybridized carbons (Fsp3) is 0.500. The van der Waals surface area contributed by atoms with Gasteiger partial charge < -0.3 is 14.2 Å². The zero-order valence-corrected chi connectivity index (χ0v) is 6.84. The molecule has 0 spiro atoms. The van der Waals surface area contributed by atoms with Gasteiger partial charge in [0.25, 0.3) is 6.29 Å². The van der Waals surface area contributed by atoms with Crippen LogP contribution in [0.1, 0.15) is 0 Å². The number of halogens is 1. The predicted molar refractivity (Wildman–Crippen MR) is 36.8 cm³/mol. The van der Waals surface area contributed by atoms with Crippen LogP contribution in [0, 0.1) is 0 Å². The number of methoxy groups -OCH3 is 2. The third kappa shape index (κ3) is 1.32. The van der Waals surface area contributed by atoms with Gasteiger partial charge in [-0.25, -0.2) is 4.79 Å². The van der Waals surface area contributed by atoms with Crippen LogP contribution in [0.2, 0.25) is 0 Å². The summed E-state index contributed by atoms with van der Waals surface area (Å²) in [5, 5.41) is -0.0562. The van der Waals surface area contributed by atoms with E-state index >= 15 is 0 Å². The molecule has 0 aliphatic carbocycles. The fourth-order valence-electron chi connectivity index (χ4n) is 0.748. The second-order valence-electron chi connectivity index (χ2n) is 1.86. The third-order valence-electron chi connectivity index (χ3n) is 1.26. The lowest BCUT2D eigenvalue weighted by molar-refractivity contribution is -0.158. The molecular weight excluding hydrogens is 172 g/mol. The van der Waals surface area contributed by atoms with Gasteiger partial charge in [-0.05, 0) is 0 Å². The maximum absolute atomic E-state index is 10.7. The van der Waals surface area contributed by atoms with Crippen LogP contribution in [-0.4, -0.2) is 26.5 Å². The topological polar surface area (TPSA) is 44.8 Å². The predicted octanol–water partition coefficient (Wildman–Crippen LogP) is 0.613. The van der Waals surface area contributed by atoms with Crippen molar-refractivity contribution in [3.63, 3.8) is 0 Å². The molecule has 1 unspecified atom stereocenters. The van der Waals surface area contributed by atoms with Crippen molar-refractivity contribution in [2.45, 2.75) is 6.29 Å². The van der Waals surface area contributed by atoms with Gasteiger partial charge in [0.2, 0.25) is 0 Å². The molecule has 1 heterocycles. The highest BCUT2D eigenvalue weighted by Gasteiger charge is 2.34. The van der Waals surface area contributed by atoms with Gasteiger partial charge in [0.05, 0.1) is 7.11 Å². The molecule has 0 aromatic rings. The number of hydrogen-bond acceptors (Lipinski definition) is 4. The van der Waals surface area contributed by atoms with Gasteiger partial charge in [0, 0.05) is 7.11 Å². The average Bonchev–Trinajstić information content (AvgIpc) is 2.28. The summed E-state index contributed by atoms with van der Waals surface area (Å²) in [6, 6.07) is 0. The molecule has 0 aromatic carbocycles. The van der Waals surface area contributed by atoms with Gasteiger partial charge >= 0.3 is 5.97 Å². The summed E-state index contributed by atoms with van der Waals surface area (Å²) >= 11 is 5.50. The second kappa shape index (κ2) is 3.11. The van der Waals surface area contributed by atoms with Gasteiger partial charge in [-0.2, -0.15) is 0 Å². The van der Waals surface area contributed by atoms with Crippen molar-refractivity contribution in [1.82, 2.24) is 0 Å². The smallest absolute Gasteiger partial charge is 0.356 e. The highest BCUT2D eigenvalue weighted by atomic mass is 35.5. The Morgan fingerprint density at radius 3 is 2.55 bits per heavy atom. The minimum atomic E-state index is -0.792. The van der Waals surface area contributed by atoms with Crippen LogP contribution in [0.5, 0.6) is 0 Å². The first-order valence-electron chi connectivity index (χ1n) is 2.88. The van der Waals surface area contributed by atoms with Crippen LogP contribution < -0.4 is 0 Å². The highest BCUT2D eigenvalue weighted by Crippen LogP contribution is 2.25. The van der Waals surface area contributed by atoms with E-state index in [1.165, 1.54) is 14.2 Å². The minimum Gasteiger partial charge on any atom is -0.493 e. The highest BCUT2D eigenvalue weighted by molar-refractivity contribution is 6.42. The number of hydrogen-bond donors (Lipinski definition) is 0. The van der Waals surface area contributed by atoms with E-state index < -0.39 is 12.3 Å². The molecule has 1 aliphatic heterocycles. The van der Waals surface area contributed by atoms with Crippen molar-refractivity contribution in [3.05, 3.63) is 10.8 Å². The molecule has 0 N–H and O–H groups in total. The molecule has 0 radical (unpaired) electrons. The Labute approximate surface area is 68.7 Å². The fourth-order valence-corrected chi connectivity index (χ4v) is 0.958. The van der Waals surface area contributed by atoms with E-state index in [-0.39, 0.29) is 10.8 Å². The largest absolute Gasteiger partial charge is 0.493 e. The number of rotatable bonds is 2. The zero-order chi connectivity index (χ0) is 8.43. The van der Waals surface area contributed by atoms with Crippen LogP contribution in [0.3, 0.4) is 0 Å². The lowest BCUT2D eigenvalue weighted by Crippen LogP contribution is -2.14. The molecule has 0 fully saturated rings. The molecule has 62 valence electrons. The Morgan fingerprint density at radius 1 is 1.55 bits per heavy atom. The molecular formula is C6H7ClO4. The molecule has 0 saturated carbocycles. The quantitative estimate of drug-likeness (QED) is 0.582. The molecule has 0 bridgehead atoms. The molecule has 11 heavy (non-hydrogen) atoms. The zero-order valence-electron chi connectivity index (χ0n) is 6.09. The summed E-state index contributed by atoms with van der Waals surface area (Å²) in [6.07, 6.45) is -0.792. The number of carbonyl (C=O) groups is 1. The molecule has 1 aliphatic rings. The summed E-state index contributed by atoms with van der Waals surface area (Å²) < 4.78 is 14.2. The van der Waals surface area contributed by atoms with Crippen LogP contribution in [0.15, 0.2) is 10.8 Å². The van der Waals surface area contributed by atoms with Crippen LogP contribution in [0.25, 0.3) is 0 Å². The van der Waals surface area contributed by atoms with Crippen molar-refractivity contribution in [2.75, 3.05) is 14.2 Å². The third-order valence-corrected chi connectivity index (χ3v) is 1.60. The van der Waals surface area contributed by atoms with Gasteiger partial charge in [-0.3, -0.25) is 0 Å². The number of ether oxygens (including phenoxy) is 3. The van der Waals surface area contributed by atoms with E-state index in [1.807, 2.05) is 0 Å². The summed E-state index contributed by atoms with van der Waals surface area (Å²) in [7, 11) is 2.79. The number of carbonyl (C=O) groups excluding carboxylic acids is 1. The van der Waals surface area contributed by atoms with Gasteiger partial charge in [-0.15, -0.1) is 0 Å². The van der Waals surface area contributed by atoms with Crippen LogP contribution >= 0.6 is 11.6 Å². The molecule has 0 aromatic heterocycles. The maximum atomic E-state index is 10.7. The Bertz CT molecular complexity index is 211. The van der Waals surface area contributed by atoms with Gasteiger partial charge in [0.1, 0.15) is 0 Å². The molecule has 4 nitrogen and oxygen atoms in total. The summed E-state index contributed by atoms with van der Waals surface area (Å²) in [4.78, 5) is 10.7. The Balaban J connectivity index is 2.86. The van der Waals surface area contributed by atoms with Crippen molar-refractivity contribution in [3.8, 4) is 0 Å². The molecule has 5 heteroatoms. The van der Waals surface area contributed by atoms with Crippen LogP contribution in [-0.2, 0) is 19.0 Å². The Kier molecular flexibility index (Phi) is 2.36. The van der Waals surface area contributed by atoms with Crippen LogP contribution in [0.4, 0.5) is 0 Å². The van der Waals surface area contributed by atoms with Gasteiger partial charge in [-0.1, -0.05) is 11.6 Å². The van der Waals surface area contributed by atoms with Gasteiger partial charge in [0.15, 0.2) is 10.8 Å². The first-order valence-corrected chi connectivity index (χ1v) is 3.26. The first kappa shape index (κ1) is 8.36. The molecule has 1 rings (SSSR count). The lowest BCUT2D eigenvalue weighted by atomic mass is 10.5. The molecule has 1 atom stereocenters. The lowest BCUT2D eigenvalue weighted by Gasteiger charge is -2.09. The number of esters is 1. The van der Waals surface area contributed by atoms with Crippen molar-refractivity contribution >= 4 is 17.6 Å². The van der Waals surface area contributed by atoms with Crippen molar-refractivity contribution < 1.29 is 19.0 Å². The van der Waals surface area contributed by atoms with E-state index in [4.69, 9.17) is 21.1 Å². The second-order valence-corrected chi connectivity index (χ2v) is 2.23. The summed E-state index contributed by atoms with van der Waals surface area (Å²) in [5.74, 6) is -0.394. The van der Waals surface area contributed by atoms with Crippen molar-refractivity contribution in [1.29, 1.82) is 0 Å². The van der Waals surface area contributed by atoms with E-state index in [0.717, 1.165) is 0 Å². The minimum absolute atomic E-state index is 0.0562.